The highest BCUT2D eigenvalue weighted by molar-refractivity contribution is 6.34. The van der Waals surface area contributed by atoms with Crippen molar-refractivity contribution < 1.29 is 14.3 Å². The van der Waals surface area contributed by atoms with Crippen molar-refractivity contribution in [2.75, 3.05) is 19.5 Å². The molecular formula is C18H16Cl2N4O3. The van der Waals surface area contributed by atoms with Crippen LogP contribution in [0.5, 0.6) is 5.75 Å². The van der Waals surface area contributed by atoms with Crippen LogP contribution in [-0.4, -0.2) is 35.1 Å². The number of methoxy groups -OCH3 is 2. The van der Waals surface area contributed by atoms with E-state index < -0.39 is 5.91 Å². The van der Waals surface area contributed by atoms with Gasteiger partial charge in [-0.2, -0.15) is 0 Å². The number of aromatic nitrogens is 3. The van der Waals surface area contributed by atoms with Gasteiger partial charge in [0.15, 0.2) is 5.69 Å². The van der Waals surface area contributed by atoms with E-state index in [2.05, 4.69) is 15.6 Å². The van der Waals surface area contributed by atoms with Crippen LogP contribution in [0.4, 0.5) is 5.69 Å². The molecular weight excluding hydrogens is 391 g/mol. The molecule has 0 spiro atoms. The van der Waals surface area contributed by atoms with Gasteiger partial charge in [-0.15, -0.1) is 5.10 Å². The van der Waals surface area contributed by atoms with E-state index in [-0.39, 0.29) is 12.3 Å². The zero-order valence-corrected chi connectivity index (χ0v) is 16.1. The summed E-state index contributed by atoms with van der Waals surface area (Å²) >= 11 is 12.1. The van der Waals surface area contributed by atoms with E-state index in [1.165, 1.54) is 18.9 Å². The second kappa shape index (κ2) is 8.39. The van der Waals surface area contributed by atoms with Gasteiger partial charge in [-0.3, -0.25) is 4.79 Å². The minimum atomic E-state index is -0.461. The first-order chi connectivity index (χ1) is 13.0. The smallest absolute Gasteiger partial charge is 0.278 e. The number of rotatable bonds is 6. The lowest BCUT2D eigenvalue weighted by molar-refractivity contribution is 0.101. The van der Waals surface area contributed by atoms with E-state index in [1.807, 2.05) is 0 Å². The molecule has 0 aliphatic carbocycles. The first-order valence-electron chi connectivity index (χ1n) is 7.88. The summed E-state index contributed by atoms with van der Waals surface area (Å²) in [7, 11) is 3.06. The number of carbonyl (C=O) groups excluding carboxylic acids is 1. The molecule has 2 aromatic carbocycles. The molecule has 1 amide bonds. The maximum Gasteiger partial charge on any atom is 0.278 e. The Kier molecular flexibility index (Phi) is 5.95. The van der Waals surface area contributed by atoms with Gasteiger partial charge in [0, 0.05) is 18.2 Å². The molecule has 0 radical (unpaired) electrons. The average molecular weight is 407 g/mol. The summed E-state index contributed by atoms with van der Waals surface area (Å²) in [5.74, 6) is 0.106. The number of hydrogen-bond acceptors (Lipinski definition) is 5. The molecule has 0 atom stereocenters. The Hall–Kier alpha value is -2.61. The summed E-state index contributed by atoms with van der Waals surface area (Å²) in [6.45, 7) is 0.143. The largest absolute Gasteiger partial charge is 0.497 e. The monoisotopic (exact) mass is 406 g/mol. The number of nitrogens with zero attached hydrogens (tertiary/aromatic N) is 3. The summed E-state index contributed by atoms with van der Waals surface area (Å²) in [6.07, 6.45) is 0. The molecule has 1 heterocycles. The standard InChI is InChI=1S/C18H16Cl2N4O3/c1-26-10-16-17(22-23-24(16)12-5-3-11(19)4-6-12)18(25)21-15-9-13(27-2)7-8-14(15)20/h3-9H,10H2,1-2H3,(H,21,25). The van der Waals surface area contributed by atoms with E-state index in [9.17, 15) is 4.79 Å². The molecule has 0 saturated carbocycles. The van der Waals surface area contributed by atoms with Gasteiger partial charge >= 0.3 is 0 Å². The number of hydrogen-bond donors (Lipinski definition) is 1. The first kappa shape index (κ1) is 19.2. The van der Waals surface area contributed by atoms with Crippen molar-refractivity contribution >= 4 is 34.8 Å². The summed E-state index contributed by atoms with van der Waals surface area (Å²) in [5.41, 5.74) is 1.74. The molecule has 0 aliphatic heterocycles. The molecule has 0 aliphatic rings. The molecule has 9 heteroatoms. The third kappa shape index (κ3) is 4.21. The fraction of sp³-hybridized carbons (Fsp3) is 0.167. The summed E-state index contributed by atoms with van der Waals surface area (Å²) < 4.78 is 11.9. The van der Waals surface area contributed by atoms with Crippen molar-refractivity contribution in [3.8, 4) is 11.4 Å². The molecule has 7 nitrogen and oxygen atoms in total. The molecule has 1 aromatic heterocycles. The highest BCUT2D eigenvalue weighted by atomic mass is 35.5. The highest BCUT2D eigenvalue weighted by Crippen LogP contribution is 2.27. The highest BCUT2D eigenvalue weighted by Gasteiger charge is 2.21. The van der Waals surface area contributed by atoms with Crippen molar-refractivity contribution in [3.63, 3.8) is 0 Å². The van der Waals surface area contributed by atoms with Gasteiger partial charge in [0.05, 0.1) is 30.1 Å². The predicted molar refractivity (Wildman–Crippen MR) is 103 cm³/mol. The second-order valence-electron chi connectivity index (χ2n) is 5.51. The fourth-order valence-corrected chi connectivity index (χ4v) is 2.73. The lowest BCUT2D eigenvalue weighted by atomic mass is 10.2. The predicted octanol–water partition coefficient (Wildman–Crippen LogP) is 3.98. The van der Waals surface area contributed by atoms with Gasteiger partial charge in [0.25, 0.3) is 5.91 Å². The number of ether oxygens (including phenoxy) is 2. The van der Waals surface area contributed by atoms with Crippen LogP contribution < -0.4 is 10.1 Å². The van der Waals surface area contributed by atoms with E-state index >= 15 is 0 Å². The van der Waals surface area contributed by atoms with Crippen LogP contribution in [0.2, 0.25) is 10.0 Å². The number of anilines is 1. The molecule has 0 fully saturated rings. The number of amides is 1. The molecule has 0 saturated heterocycles. The third-order valence-electron chi connectivity index (χ3n) is 3.75. The molecule has 3 aromatic rings. The lowest BCUT2D eigenvalue weighted by Gasteiger charge is -2.10. The van der Waals surface area contributed by atoms with Crippen LogP contribution in [0.1, 0.15) is 16.2 Å². The van der Waals surface area contributed by atoms with Crippen LogP contribution in [0.25, 0.3) is 5.69 Å². The molecule has 140 valence electrons. The zero-order valence-electron chi connectivity index (χ0n) is 14.6. The Balaban J connectivity index is 1.94. The Morgan fingerprint density at radius 3 is 2.56 bits per heavy atom. The van der Waals surface area contributed by atoms with Crippen molar-refractivity contribution in [2.45, 2.75) is 6.61 Å². The maximum atomic E-state index is 12.8. The Labute approximate surface area is 165 Å². The quantitative estimate of drug-likeness (QED) is 0.669. The second-order valence-corrected chi connectivity index (χ2v) is 6.35. The van der Waals surface area contributed by atoms with Gasteiger partial charge < -0.3 is 14.8 Å². The Morgan fingerprint density at radius 1 is 1.15 bits per heavy atom. The fourth-order valence-electron chi connectivity index (χ4n) is 2.44. The van der Waals surface area contributed by atoms with E-state index in [1.54, 1.807) is 42.5 Å². The van der Waals surface area contributed by atoms with Gasteiger partial charge in [-0.05, 0) is 36.4 Å². The van der Waals surface area contributed by atoms with Crippen LogP contribution >= 0.6 is 23.2 Å². The number of benzene rings is 2. The minimum absolute atomic E-state index is 0.130. The van der Waals surface area contributed by atoms with E-state index in [0.717, 1.165) is 0 Å². The Bertz CT molecular complexity index is 958. The normalized spacial score (nSPS) is 10.7. The van der Waals surface area contributed by atoms with E-state index in [0.29, 0.717) is 32.9 Å². The van der Waals surface area contributed by atoms with Crippen molar-refractivity contribution in [2.24, 2.45) is 0 Å². The molecule has 0 unspecified atom stereocenters. The van der Waals surface area contributed by atoms with Gasteiger partial charge in [0.1, 0.15) is 11.4 Å². The first-order valence-corrected chi connectivity index (χ1v) is 8.63. The lowest BCUT2D eigenvalue weighted by Crippen LogP contribution is -2.16. The van der Waals surface area contributed by atoms with Crippen LogP contribution in [-0.2, 0) is 11.3 Å². The summed E-state index contributed by atoms with van der Waals surface area (Å²) in [6, 6.07) is 12.0. The SMILES string of the molecule is COCc1c(C(=O)Nc2cc(OC)ccc2Cl)nnn1-c1ccc(Cl)cc1. The van der Waals surface area contributed by atoms with E-state index in [4.69, 9.17) is 32.7 Å². The van der Waals surface area contributed by atoms with Gasteiger partial charge in [0.2, 0.25) is 0 Å². The Morgan fingerprint density at radius 2 is 1.89 bits per heavy atom. The van der Waals surface area contributed by atoms with Crippen LogP contribution in [0, 0.1) is 0 Å². The molecule has 3 rings (SSSR count). The number of halogens is 2. The van der Waals surface area contributed by atoms with Gasteiger partial charge in [-0.25, -0.2) is 4.68 Å². The van der Waals surface area contributed by atoms with Crippen LogP contribution in [0.3, 0.4) is 0 Å². The topological polar surface area (TPSA) is 78.3 Å². The van der Waals surface area contributed by atoms with Crippen molar-refractivity contribution in [1.82, 2.24) is 15.0 Å². The van der Waals surface area contributed by atoms with Gasteiger partial charge in [-0.1, -0.05) is 28.4 Å². The summed E-state index contributed by atoms with van der Waals surface area (Å²) in [4.78, 5) is 12.8. The third-order valence-corrected chi connectivity index (χ3v) is 4.33. The molecule has 1 N–H and O–H groups in total. The number of carbonyl (C=O) groups is 1. The zero-order chi connectivity index (χ0) is 19.4. The number of nitrogens with one attached hydrogen (secondary N) is 1. The van der Waals surface area contributed by atoms with Crippen molar-refractivity contribution in [3.05, 3.63) is 63.9 Å². The minimum Gasteiger partial charge on any atom is -0.497 e. The molecule has 27 heavy (non-hydrogen) atoms. The van der Waals surface area contributed by atoms with Crippen molar-refractivity contribution in [1.29, 1.82) is 0 Å². The average Bonchev–Trinajstić information content (AvgIpc) is 3.08. The maximum absolute atomic E-state index is 12.8. The molecule has 0 bridgehead atoms. The summed E-state index contributed by atoms with van der Waals surface area (Å²) in [5, 5.41) is 11.8. The van der Waals surface area contributed by atoms with Crippen LogP contribution in [0.15, 0.2) is 42.5 Å².